The second-order valence-electron chi connectivity index (χ2n) is 5.73. The number of ether oxygens (including phenoxy) is 1. The third kappa shape index (κ3) is 4.56. The second-order valence-corrected chi connectivity index (χ2v) is 5.73. The van der Waals surface area contributed by atoms with E-state index in [0.29, 0.717) is 24.9 Å². The summed E-state index contributed by atoms with van der Waals surface area (Å²) in [7, 11) is 1.78. The monoisotopic (exact) mass is 305 g/mol. The summed E-state index contributed by atoms with van der Waals surface area (Å²) in [6.07, 6.45) is 4.14. The SMILES string of the molecule is CN(CC1CCCCO1)C(=O)CCc1ccccc1C(=O)O. The standard InChI is InChI=1S/C17H23NO4/c1-18(12-14-7-4-5-11-22-14)16(19)10-9-13-6-2-3-8-15(13)17(20)21/h2-3,6,8,14H,4-5,7,9-12H2,1H3,(H,20,21). The van der Waals surface area contributed by atoms with Gasteiger partial charge in [-0.3, -0.25) is 4.79 Å². The third-order valence-electron chi connectivity index (χ3n) is 4.03. The summed E-state index contributed by atoms with van der Waals surface area (Å²) in [5.41, 5.74) is 0.972. The molecule has 1 aromatic carbocycles. The van der Waals surface area contributed by atoms with Gasteiger partial charge in [0.2, 0.25) is 5.91 Å². The molecule has 5 heteroatoms. The number of carbonyl (C=O) groups is 2. The molecule has 1 N–H and O–H groups in total. The largest absolute Gasteiger partial charge is 0.478 e. The molecule has 0 radical (unpaired) electrons. The molecular weight excluding hydrogens is 282 g/mol. The number of nitrogens with zero attached hydrogens (tertiary/aromatic N) is 1. The average Bonchev–Trinajstić information content (AvgIpc) is 2.53. The van der Waals surface area contributed by atoms with E-state index >= 15 is 0 Å². The summed E-state index contributed by atoms with van der Waals surface area (Å²) < 4.78 is 5.64. The number of benzene rings is 1. The van der Waals surface area contributed by atoms with Crippen LogP contribution in [0, 0.1) is 0 Å². The Morgan fingerprint density at radius 1 is 1.32 bits per heavy atom. The molecule has 0 spiro atoms. The van der Waals surface area contributed by atoms with E-state index < -0.39 is 5.97 Å². The Balaban J connectivity index is 1.85. The number of hydrogen-bond acceptors (Lipinski definition) is 3. The van der Waals surface area contributed by atoms with Gasteiger partial charge in [0.05, 0.1) is 11.7 Å². The highest BCUT2D eigenvalue weighted by Crippen LogP contribution is 2.15. The molecule has 1 atom stereocenters. The number of carbonyl (C=O) groups excluding carboxylic acids is 1. The maximum Gasteiger partial charge on any atom is 0.335 e. The Labute approximate surface area is 130 Å². The predicted octanol–water partition coefficient (Wildman–Crippen LogP) is 2.34. The summed E-state index contributed by atoms with van der Waals surface area (Å²) in [5, 5.41) is 9.14. The zero-order valence-corrected chi connectivity index (χ0v) is 13.0. The molecule has 1 amide bonds. The number of carboxylic acid groups (broad SMARTS) is 1. The Bertz CT molecular complexity index is 523. The maximum atomic E-state index is 12.2. The van der Waals surface area contributed by atoms with Crippen LogP contribution in [0.4, 0.5) is 0 Å². The van der Waals surface area contributed by atoms with Gasteiger partial charge < -0.3 is 14.7 Å². The van der Waals surface area contributed by atoms with Crippen molar-refractivity contribution >= 4 is 11.9 Å². The molecule has 0 saturated carbocycles. The molecule has 0 aliphatic carbocycles. The Kier molecular flexibility index (Phi) is 5.95. The van der Waals surface area contributed by atoms with Gasteiger partial charge in [-0.2, -0.15) is 0 Å². The van der Waals surface area contributed by atoms with E-state index in [2.05, 4.69) is 0 Å². The van der Waals surface area contributed by atoms with Crippen LogP contribution in [0.25, 0.3) is 0 Å². The first-order valence-corrected chi connectivity index (χ1v) is 7.74. The van der Waals surface area contributed by atoms with Gasteiger partial charge in [0, 0.05) is 26.6 Å². The molecule has 1 saturated heterocycles. The van der Waals surface area contributed by atoms with E-state index in [1.165, 1.54) is 0 Å². The van der Waals surface area contributed by atoms with Crippen molar-refractivity contribution in [3.8, 4) is 0 Å². The van der Waals surface area contributed by atoms with Crippen LogP contribution in [-0.4, -0.2) is 48.2 Å². The predicted molar refractivity (Wildman–Crippen MR) is 83.0 cm³/mol. The number of rotatable bonds is 6. The number of hydrogen-bond donors (Lipinski definition) is 1. The molecular formula is C17H23NO4. The van der Waals surface area contributed by atoms with E-state index in [4.69, 9.17) is 9.84 Å². The summed E-state index contributed by atoms with van der Waals surface area (Å²) in [6, 6.07) is 6.83. The molecule has 5 nitrogen and oxygen atoms in total. The molecule has 1 aromatic rings. The van der Waals surface area contributed by atoms with Crippen molar-refractivity contribution < 1.29 is 19.4 Å². The molecule has 1 heterocycles. The van der Waals surface area contributed by atoms with Crippen LogP contribution < -0.4 is 0 Å². The average molecular weight is 305 g/mol. The van der Waals surface area contributed by atoms with Crippen molar-refractivity contribution in [1.82, 2.24) is 4.90 Å². The van der Waals surface area contributed by atoms with Crippen molar-refractivity contribution in [3.63, 3.8) is 0 Å². The topological polar surface area (TPSA) is 66.8 Å². The highest BCUT2D eigenvalue weighted by molar-refractivity contribution is 5.89. The highest BCUT2D eigenvalue weighted by Gasteiger charge is 2.19. The molecule has 2 rings (SSSR count). The number of likely N-dealkylation sites (N-methyl/N-ethyl adjacent to an activating group) is 1. The fraction of sp³-hybridized carbons (Fsp3) is 0.529. The first-order valence-electron chi connectivity index (χ1n) is 7.74. The lowest BCUT2D eigenvalue weighted by molar-refractivity contribution is -0.132. The van der Waals surface area contributed by atoms with Gasteiger partial charge in [-0.1, -0.05) is 18.2 Å². The molecule has 1 aliphatic heterocycles. The number of amides is 1. The first-order chi connectivity index (χ1) is 10.6. The van der Waals surface area contributed by atoms with E-state index in [1.54, 1.807) is 36.2 Å². The molecule has 0 bridgehead atoms. The van der Waals surface area contributed by atoms with Gasteiger partial charge in [0.15, 0.2) is 0 Å². The fourth-order valence-electron chi connectivity index (χ4n) is 2.74. The lowest BCUT2D eigenvalue weighted by Gasteiger charge is -2.27. The van der Waals surface area contributed by atoms with Crippen molar-refractivity contribution in [2.24, 2.45) is 0 Å². The van der Waals surface area contributed by atoms with Crippen LogP contribution in [-0.2, 0) is 16.0 Å². The third-order valence-corrected chi connectivity index (χ3v) is 4.03. The molecule has 1 unspecified atom stereocenters. The summed E-state index contributed by atoms with van der Waals surface area (Å²) >= 11 is 0. The van der Waals surface area contributed by atoms with Crippen LogP contribution >= 0.6 is 0 Å². The summed E-state index contributed by atoms with van der Waals surface area (Å²) in [6.45, 7) is 1.39. The minimum atomic E-state index is -0.952. The quantitative estimate of drug-likeness (QED) is 0.876. The normalized spacial score (nSPS) is 18.0. The van der Waals surface area contributed by atoms with Crippen LogP contribution in [0.5, 0.6) is 0 Å². The highest BCUT2D eigenvalue weighted by atomic mass is 16.5. The molecule has 120 valence electrons. The van der Waals surface area contributed by atoms with E-state index in [9.17, 15) is 9.59 Å². The minimum absolute atomic E-state index is 0.0226. The zero-order chi connectivity index (χ0) is 15.9. The molecule has 22 heavy (non-hydrogen) atoms. The summed E-state index contributed by atoms with van der Waals surface area (Å²) in [5.74, 6) is -0.929. The van der Waals surface area contributed by atoms with Crippen molar-refractivity contribution in [2.45, 2.75) is 38.2 Å². The van der Waals surface area contributed by atoms with Gasteiger partial charge in [-0.25, -0.2) is 4.79 Å². The molecule has 1 fully saturated rings. The van der Waals surface area contributed by atoms with Crippen molar-refractivity contribution in [1.29, 1.82) is 0 Å². The maximum absolute atomic E-state index is 12.2. The van der Waals surface area contributed by atoms with E-state index in [1.807, 2.05) is 0 Å². The van der Waals surface area contributed by atoms with Crippen LogP contribution in [0.2, 0.25) is 0 Å². The number of carboxylic acids is 1. The Morgan fingerprint density at radius 2 is 2.09 bits per heavy atom. The van der Waals surface area contributed by atoms with Crippen LogP contribution in [0.3, 0.4) is 0 Å². The zero-order valence-electron chi connectivity index (χ0n) is 13.0. The number of aromatic carboxylic acids is 1. The van der Waals surface area contributed by atoms with Gasteiger partial charge in [0.1, 0.15) is 0 Å². The van der Waals surface area contributed by atoms with E-state index in [0.717, 1.165) is 25.9 Å². The fourth-order valence-corrected chi connectivity index (χ4v) is 2.74. The minimum Gasteiger partial charge on any atom is -0.478 e. The first kappa shape index (κ1) is 16.5. The van der Waals surface area contributed by atoms with Crippen molar-refractivity contribution in [2.75, 3.05) is 20.2 Å². The molecule has 1 aliphatic rings. The van der Waals surface area contributed by atoms with Gasteiger partial charge in [-0.05, 0) is 37.3 Å². The smallest absolute Gasteiger partial charge is 0.335 e. The van der Waals surface area contributed by atoms with Gasteiger partial charge in [-0.15, -0.1) is 0 Å². The Morgan fingerprint density at radius 3 is 2.77 bits per heavy atom. The summed E-state index contributed by atoms with van der Waals surface area (Å²) in [4.78, 5) is 25.0. The van der Waals surface area contributed by atoms with Crippen LogP contribution in [0.15, 0.2) is 24.3 Å². The van der Waals surface area contributed by atoms with Crippen LogP contribution in [0.1, 0.15) is 41.6 Å². The second kappa shape index (κ2) is 7.94. The van der Waals surface area contributed by atoms with Gasteiger partial charge in [0.25, 0.3) is 0 Å². The Hall–Kier alpha value is -1.88. The number of aryl methyl sites for hydroxylation is 1. The lowest BCUT2D eigenvalue weighted by atomic mass is 10.0. The van der Waals surface area contributed by atoms with E-state index in [-0.39, 0.29) is 17.6 Å². The lowest BCUT2D eigenvalue weighted by Crippen LogP contribution is -2.37. The molecule has 0 aromatic heterocycles. The van der Waals surface area contributed by atoms with Crippen molar-refractivity contribution in [3.05, 3.63) is 35.4 Å². The van der Waals surface area contributed by atoms with Gasteiger partial charge >= 0.3 is 5.97 Å².